The van der Waals surface area contributed by atoms with E-state index in [-0.39, 0.29) is 12.6 Å². The van der Waals surface area contributed by atoms with Gasteiger partial charge in [0.05, 0.1) is 20.3 Å². The van der Waals surface area contributed by atoms with Crippen LogP contribution >= 0.6 is 0 Å². The summed E-state index contributed by atoms with van der Waals surface area (Å²) >= 11 is 0. The van der Waals surface area contributed by atoms with Gasteiger partial charge in [-0.3, -0.25) is 0 Å². The Hall–Kier alpha value is -2.08. The number of urea groups is 1. The maximum atomic E-state index is 12.2. The van der Waals surface area contributed by atoms with E-state index in [0.29, 0.717) is 18.8 Å². The molecule has 0 aliphatic carbocycles. The Labute approximate surface area is 117 Å². The van der Waals surface area contributed by atoms with Crippen LogP contribution in [0.2, 0.25) is 0 Å². The molecule has 1 heterocycles. The number of nitrogens with zero attached hydrogens (tertiary/aromatic N) is 1. The van der Waals surface area contributed by atoms with Gasteiger partial charge >= 0.3 is 12.0 Å². The van der Waals surface area contributed by atoms with E-state index in [4.69, 9.17) is 9.47 Å². The lowest BCUT2D eigenvalue weighted by Gasteiger charge is -2.33. The lowest BCUT2D eigenvalue weighted by Crippen LogP contribution is -2.54. The largest absolute Gasteiger partial charge is 0.467 e. The summed E-state index contributed by atoms with van der Waals surface area (Å²) in [7, 11) is 1.30. The summed E-state index contributed by atoms with van der Waals surface area (Å²) in [5.74, 6) is -0.469. The van der Waals surface area contributed by atoms with Crippen LogP contribution in [-0.4, -0.2) is 49.8 Å². The highest BCUT2D eigenvalue weighted by Gasteiger charge is 2.33. The Bertz CT molecular complexity index is 486. The van der Waals surface area contributed by atoms with Crippen molar-refractivity contribution in [2.24, 2.45) is 0 Å². The van der Waals surface area contributed by atoms with E-state index in [1.165, 1.54) is 12.0 Å². The molecule has 0 radical (unpaired) electrons. The number of anilines is 1. The summed E-state index contributed by atoms with van der Waals surface area (Å²) in [6.07, 6.45) is 0. The zero-order chi connectivity index (χ0) is 14.5. The van der Waals surface area contributed by atoms with Crippen molar-refractivity contribution in [3.63, 3.8) is 0 Å². The highest BCUT2D eigenvalue weighted by Crippen LogP contribution is 2.13. The molecular weight excluding hydrogens is 260 g/mol. The van der Waals surface area contributed by atoms with Gasteiger partial charge in [0, 0.05) is 12.2 Å². The van der Waals surface area contributed by atoms with Gasteiger partial charge in [-0.2, -0.15) is 0 Å². The molecule has 1 unspecified atom stereocenters. The third-order valence-electron chi connectivity index (χ3n) is 3.17. The summed E-state index contributed by atoms with van der Waals surface area (Å²) in [4.78, 5) is 25.3. The number of morpholine rings is 1. The van der Waals surface area contributed by atoms with Crippen molar-refractivity contribution in [2.75, 3.05) is 32.2 Å². The number of methoxy groups -OCH3 is 1. The third-order valence-corrected chi connectivity index (χ3v) is 3.17. The van der Waals surface area contributed by atoms with Gasteiger partial charge in [-0.25, -0.2) is 9.59 Å². The summed E-state index contributed by atoms with van der Waals surface area (Å²) < 4.78 is 9.92. The van der Waals surface area contributed by atoms with Gasteiger partial charge < -0.3 is 19.7 Å². The van der Waals surface area contributed by atoms with Crippen LogP contribution in [0.4, 0.5) is 10.5 Å². The van der Waals surface area contributed by atoms with Crippen LogP contribution in [-0.2, 0) is 14.3 Å². The van der Waals surface area contributed by atoms with E-state index < -0.39 is 12.0 Å². The monoisotopic (exact) mass is 278 g/mol. The van der Waals surface area contributed by atoms with Crippen molar-refractivity contribution in [1.29, 1.82) is 0 Å². The van der Waals surface area contributed by atoms with Crippen molar-refractivity contribution in [3.8, 4) is 0 Å². The molecule has 0 spiro atoms. The first-order valence-electron chi connectivity index (χ1n) is 6.41. The zero-order valence-corrected chi connectivity index (χ0v) is 11.6. The van der Waals surface area contributed by atoms with Crippen molar-refractivity contribution >= 4 is 17.7 Å². The second-order valence-corrected chi connectivity index (χ2v) is 4.60. The summed E-state index contributed by atoms with van der Waals surface area (Å²) in [5.41, 5.74) is 1.80. The van der Waals surface area contributed by atoms with Gasteiger partial charge in [0.25, 0.3) is 0 Å². The molecule has 1 aromatic carbocycles. The number of esters is 1. The second-order valence-electron chi connectivity index (χ2n) is 4.60. The number of ether oxygens (including phenoxy) is 2. The van der Waals surface area contributed by atoms with E-state index in [2.05, 4.69) is 5.32 Å². The minimum atomic E-state index is -0.695. The second kappa shape index (κ2) is 6.38. The molecule has 2 amide bonds. The van der Waals surface area contributed by atoms with E-state index in [0.717, 1.165) is 5.56 Å². The van der Waals surface area contributed by atoms with Crippen molar-refractivity contribution in [2.45, 2.75) is 13.0 Å². The molecule has 1 atom stereocenters. The first-order valence-corrected chi connectivity index (χ1v) is 6.41. The number of amides is 2. The maximum Gasteiger partial charge on any atom is 0.331 e. The molecule has 0 bridgehead atoms. The lowest BCUT2D eigenvalue weighted by molar-refractivity contribution is -0.150. The van der Waals surface area contributed by atoms with Crippen LogP contribution in [0.15, 0.2) is 24.3 Å². The lowest BCUT2D eigenvalue weighted by atomic mass is 10.2. The van der Waals surface area contributed by atoms with Crippen LogP contribution in [0.1, 0.15) is 5.56 Å². The number of hydrogen-bond acceptors (Lipinski definition) is 4. The summed E-state index contributed by atoms with van der Waals surface area (Å²) in [6.45, 7) is 2.90. The molecule has 6 nitrogen and oxygen atoms in total. The van der Waals surface area contributed by atoms with Crippen molar-refractivity contribution in [3.05, 3.63) is 29.8 Å². The zero-order valence-electron chi connectivity index (χ0n) is 11.6. The first-order chi connectivity index (χ1) is 9.61. The van der Waals surface area contributed by atoms with Crippen molar-refractivity contribution in [1.82, 2.24) is 4.90 Å². The number of benzene rings is 1. The molecule has 2 rings (SSSR count). The number of rotatable bonds is 2. The predicted molar refractivity (Wildman–Crippen MR) is 73.5 cm³/mol. The fourth-order valence-corrected chi connectivity index (χ4v) is 2.01. The SMILES string of the molecule is COC(=O)C1COCCN1C(=O)Nc1ccc(C)cc1. The van der Waals surface area contributed by atoms with Crippen molar-refractivity contribution < 1.29 is 19.1 Å². The number of carbonyl (C=O) groups is 2. The van der Waals surface area contributed by atoms with Gasteiger partial charge in [0.2, 0.25) is 0 Å². The van der Waals surface area contributed by atoms with Crippen LogP contribution in [0.5, 0.6) is 0 Å². The molecule has 20 heavy (non-hydrogen) atoms. The van der Waals surface area contributed by atoms with Gasteiger partial charge in [-0.05, 0) is 19.1 Å². The van der Waals surface area contributed by atoms with Crippen LogP contribution < -0.4 is 5.32 Å². The first kappa shape index (κ1) is 14.3. The Kier molecular flexibility index (Phi) is 4.57. The van der Waals surface area contributed by atoms with Crippen LogP contribution in [0.25, 0.3) is 0 Å². The highest BCUT2D eigenvalue weighted by molar-refractivity contribution is 5.92. The Morgan fingerprint density at radius 1 is 1.35 bits per heavy atom. The average Bonchev–Trinajstić information content (AvgIpc) is 2.48. The van der Waals surface area contributed by atoms with E-state index >= 15 is 0 Å². The Morgan fingerprint density at radius 3 is 2.70 bits per heavy atom. The van der Waals surface area contributed by atoms with E-state index in [1.54, 1.807) is 0 Å². The average molecular weight is 278 g/mol. The molecular formula is C14H18N2O4. The minimum absolute atomic E-state index is 0.161. The molecule has 6 heteroatoms. The van der Waals surface area contributed by atoms with Crippen LogP contribution in [0.3, 0.4) is 0 Å². The normalized spacial score (nSPS) is 18.5. The van der Waals surface area contributed by atoms with Crippen LogP contribution in [0, 0.1) is 6.92 Å². The molecule has 0 saturated carbocycles. The number of hydrogen-bond donors (Lipinski definition) is 1. The van der Waals surface area contributed by atoms with Gasteiger partial charge in [-0.15, -0.1) is 0 Å². The predicted octanol–water partition coefficient (Wildman–Crippen LogP) is 1.40. The third kappa shape index (κ3) is 3.27. The summed E-state index contributed by atoms with van der Waals surface area (Å²) in [5, 5.41) is 2.77. The van der Waals surface area contributed by atoms with Gasteiger partial charge in [0.15, 0.2) is 6.04 Å². The van der Waals surface area contributed by atoms with E-state index in [1.807, 2.05) is 31.2 Å². The molecule has 1 fully saturated rings. The number of carbonyl (C=O) groups excluding carboxylic acids is 2. The minimum Gasteiger partial charge on any atom is -0.467 e. The highest BCUT2D eigenvalue weighted by atomic mass is 16.5. The Morgan fingerprint density at radius 2 is 2.05 bits per heavy atom. The molecule has 1 aromatic rings. The molecule has 1 saturated heterocycles. The molecule has 0 aromatic heterocycles. The van der Waals surface area contributed by atoms with E-state index in [9.17, 15) is 9.59 Å². The smallest absolute Gasteiger partial charge is 0.331 e. The molecule has 1 N–H and O–H groups in total. The number of nitrogens with one attached hydrogen (secondary N) is 1. The summed E-state index contributed by atoms with van der Waals surface area (Å²) in [6, 6.07) is 6.44. The standard InChI is InChI=1S/C14H18N2O4/c1-10-3-5-11(6-4-10)15-14(18)16-7-8-20-9-12(16)13(17)19-2/h3-6,12H,7-9H2,1-2H3,(H,15,18). The molecule has 1 aliphatic heterocycles. The quantitative estimate of drug-likeness (QED) is 0.830. The molecule has 108 valence electrons. The molecule has 1 aliphatic rings. The topological polar surface area (TPSA) is 67.9 Å². The Balaban J connectivity index is 2.05. The fourth-order valence-electron chi connectivity index (χ4n) is 2.01. The number of aryl methyl sites for hydroxylation is 1. The van der Waals surface area contributed by atoms with Gasteiger partial charge in [0.1, 0.15) is 0 Å². The van der Waals surface area contributed by atoms with Gasteiger partial charge in [-0.1, -0.05) is 17.7 Å². The maximum absolute atomic E-state index is 12.2. The fraction of sp³-hybridized carbons (Fsp3) is 0.429.